The lowest BCUT2D eigenvalue weighted by Crippen LogP contribution is -2.38. The van der Waals surface area contributed by atoms with Crippen LogP contribution in [0.5, 0.6) is 0 Å². The molecule has 0 aliphatic carbocycles. The third-order valence-corrected chi connectivity index (χ3v) is 4.51. The number of carbonyl (C=O) groups excluding carboxylic acids is 1. The SMILES string of the molecule is NCc1cccc(C2CCN(C(=O)c3cccc(F)c3)CC2)c1. The number of likely N-dealkylation sites (tertiary alicyclic amines) is 1. The zero-order valence-corrected chi connectivity index (χ0v) is 13.0. The van der Waals surface area contributed by atoms with Crippen molar-refractivity contribution in [2.45, 2.75) is 25.3 Å². The van der Waals surface area contributed by atoms with Gasteiger partial charge in [0.05, 0.1) is 0 Å². The maximum atomic E-state index is 13.3. The van der Waals surface area contributed by atoms with Gasteiger partial charge in [0.15, 0.2) is 0 Å². The Balaban J connectivity index is 1.65. The minimum absolute atomic E-state index is 0.0846. The molecule has 0 spiro atoms. The minimum atomic E-state index is -0.371. The highest BCUT2D eigenvalue weighted by atomic mass is 19.1. The van der Waals surface area contributed by atoms with Crippen LogP contribution >= 0.6 is 0 Å². The smallest absolute Gasteiger partial charge is 0.253 e. The number of carbonyl (C=O) groups is 1. The van der Waals surface area contributed by atoms with Crippen molar-refractivity contribution >= 4 is 5.91 Å². The molecule has 0 unspecified atom stereocenters. The Morgan fingerprint density at radius 3 is 2.57 bits per heavy atom. The molecule has 1 saturated heterocycles. The van der Waals surface area contributed by atoms with E-state index in [0.29, 0.717) is 31.1 Å². The van der Waals surface area contributed by atoms with Crippen LogP contribution in [0.4, 0.5) is 4.39 Å². The second kappa shape index (κ2) is 6.92. The maximum absolute atomic E-state index is 13.3. The van der Waals surface area contributed by atoms with E-state index < -0.39 is 0 Å². The summed E-state index contributed by atoms with van der Waals surface area (Å²) in [5, 5.41) is 0. The number of hydrogen-bond acceptors (Lipinski definition) is 2. The fourth-order valence-corrected chi connectivity index (χ4v) is 3.19. The van der Waals surface area contributed by atoms with Crippen LogP contribution in [0.15, 0.2) is 48.5 Å². The number of nitrogens with zero attached hydrogens (tertiary/aromatic N) is 1. The highest BCUT2D eigenvalue weighted by Crippen LogP contribution is 2.29. The van der Waals surface area contributed by atoms with Gasteiger partial charge in [-0.05, 0) is 48.1 Å². The van der Waals surface area contributed by atoms with Crippen molar-refractivity contribution in [2.75, 3.05) is 13.1 Å². The summed E-state index contributed by atoms with van der Waals surface area (Å²) < 4.78 is 13.3. The molecule has 3 rings (SSSR count). The largest absolute Gasteiger partial charge is 0.339 e. The van der Waals surface area contributed by atoms with Gasteiger partial charge in [-0.2, -0.15) is 0 Å². The molecule has 2 aromatic rings. The van der Waals surface area contributed by atoms with Crippen LogP contribution in [0.1, 0.15) is 40.2 Å². The molecule has 2 aromatic carbocycles. The number of benzene rings is 2. The average Bonchev–Trinajstić information content (AvgIpc) is 2.61. The van der Waals surface area contributed by atoms with Gasteiger partial charge in [-0.3, -0.25) is 4.79 Å². The van der Waals surface area contributed by atoms with Crippen molar-refractivity contribution < 1.29 is 9.18 Å². The second-order valence-corrected chi connectivity index (χ2v) is 6.03. The maximum Gasteiger partial charge on any atom is 0.253 e. The first kappa shape index (κ1) is 15.7. The highest BCUT2D eigenvalue weighted by molar-refractivity contribution is 5.94. The van der Waals surface area contributed by atoms with Crippen LogP contribution < -0.4 is 5.73 Å². The van der Waals surface area contributed by atoms with E-state index in [1.165, 1.54) is 17.7 Å². The first-order valence-electron chi connectivity index (χ1n) is 8.01. The van der Waals surface area contributed by atoms with Gasteiger partial charge in [-0.15, -0.1) is 0 Å². The molecule has 1 aliphatic rings. The first-order chi connectivity index (χ1) is 11.2. The topological polar surface area (TPSA) is 46.3 Å². The van der Waals surface area contributed by atoms with E-state index in [9.17, 15) is 9.18 Å². The zero-order valence-electron chi connectivity index (χ0n) is 13.0. The number of hydrogen-bond donors (Lipinski definition) is 1. The van der Waals surface area contributed by atoms with E-state index in [4.69, 9.17) is 5.73 Å². The third-order valence-electron chi connectivity index (χ3n) is 4.51. The summed E-state index contributed by atoms with van der Waals surface area (Å²) in [7, 11) is 0. The van der Waals surface area contributed by atoms with Gasteiger partial charge in [-0.25, -0.2) is 4.39 Å². The summed E-state index contributed by atoms with van der Waals surface area (Å²) in [5.74, 6) is 0.000976. The van der Waals surface area contributed by atoms with Crippen LogP contribution in [-0.2, 0) is 6.54 Å². The number of nitrogens with two attached hydrogens (primary N) is 1. The fraction of sp³-hybridized carbons (Fsp3) is 0.316. The Hall–Kier alpha value is -2.20. The molecule has 1 aliphatic heterocycles. The molecule has 0 atom stereocenters. The van der Waals surface area contributed by atoms with E-state index in [0.717, 1.165) is 18.4 Å². The minimum Gasteiger partial charge on any atom is -0.339 e. The first-order valence-corrected chi connectivity index (χ1v) is 8.01. The molecule has 0 radical (unpaired) electrons. The van der Waals surface area contributed by atoms with E-state index >= 15 is 0 Å². The Kier molecular flexibility index (Phi) is 4.72. The molecule has 1 fully saturated rings. The average molecular weight is 312 g/mol. The summed E-state index contributed by atoms with van der Waals surface area (Å²) in [4.78, 5) is 14.3. The van der Waals surface area contributed by atoms with E-state index in [1.54, 1.807) is 12.1 Å². The van der Waals surface area contributed by atoms with Gasteiger partial charge in [0.1, 0.15) is 5.82 Å². The van der Waals surface area contributed by atoms with Gasteiger partial charge in [0.25, 0.3) is 5.91 Å². The van der Waals surface area contributed by atoms with Crippen LogP contribution in [0.2, 0.25) is 0 Å². The molecular weight excluding hydrogens is 291 g/mol. The van der Waals surface area contributed by atoms with Crippen molar-refractivity contribution in [1.29, 1.82) is 0 Å². The Labute approximate surface area is 135 Å². The predicted octanol–water partition coefficient (Wildman–Crippen LogP) is 3.30. The monoisotopic (exact) mass is 312 g/mol. The summed E-state index contributed by atoms with van der Waals surface area (Å²) in [6.45, 7) is 1.95. The third kappa shape index (κ3) is 3.59. The number of halogens is 1. The number of amides is 1. The molecule has 0 saturated carbocycles. The Morgan fingerprint density at radius 2 is 1.87 bits per heavy atom. The van der Waals surface area contributed by atoms with E-state index in [1.807, 2.05) is 17.0 Å². The Morgan fingerprint density at radius 1 is 1.13 bits per heavy atom. The van der Waals surface area contributed by atoms with E-state index in [2.05, 4.69) is 12.1 Å². The van der Waals surface area contributed by atoms with Crippen LogP contribution in [0.3, 0.4) is 0 Å². The second-order valence-electron chi connectivity index (χ2n) is 6.03. The lowest BCUT2D eigenvalue weighted by atomic mass is 9.88. The summed E-state index contributed by atoms with van der Waals surface area (Å²) in [6, 6.07) is 14.3. The van der Waals surface area contributed by atoms with Crippen LogP contribution in [-0.4, -0.2) is 23.9 Å². The lowest BCUT2D eigenvalue weighted by molar-refractivity contribution is 0.0712. The van der Waals surface area contributed by atoms with Gasteiger partial charge in [0, 0.05) is 25.2 Å². The molecule has 4 heteroatoms. The number of piperidine rings is 1. The summed E-state index contributed by atoms with van der Waals surface area (Å²) >= 11 is 0. The lowest BCUT2D eigenvalue weighted by Gasteiger charge is -2.32. The molecule has 3 nitrogen and oxygen atoms in total. The number of rotatable bonds is 3. The Bertz CT molecular complexity index is 693. The van der Waals surface area contributed by atoms with Crippen molar-refractivity contribution in [2.24, 2.45) is 5.73 Å². The predicted molar refractivity (Wildman–Crippen MR) is 88.6 cm³/mol. The molecule has 120 valence electrons. The van der Waals surface area contributed by atoms with Gasteiger partial charge >= 0.3 is 0 Å². The molecule has 23 heavy (non-hydrogen) atoms. The van der Waals surface area contributed by atoms with Crippen molar-refractivity contribution in [1.82, 2.24) is 4.90 Å². The standard InChI is InChI=1S/C19H21FN2O/c20-18-6-2-5-17(12-18)19(23)22-9-7-15(8-10-22)16-4-1-3-14(11-16)13-21/h1-6,11-12,15H,7-10,13,21H2. The van der Waals surface area contributed by atoms with Crippen molar-refractivity contribution in [3.8, 4) is 0 Å². The highest BCUT2D eigenvalue weighted by Gasteiger charge is 2.24. The fourth-order valence-electron chi connectivity index (χ4n) is 3.19. The molecule has 0 bridgehead atoms. The van der Waals surface area contributed by atoms with Crippen LogP contribution in [0, 0.1) is 5.82 Å². The molecule has 1 amide bonds. The van der Waals surface area contributed by atoms with Gasteiger partial charge in [-0.1, -0.05) is 30.3 Å². The van der Waals surface area contributed by atoms with Crippen LogP contribution in [0.25, 0.3) is 0 Å². The molecular formula is C19H21FN2O. The van der Waals surface area contributed by atoms with Crippen molar-refractivity contribution in [3.05, 3.63) is 71.0 Å². The summed E-state index contributed by atoms with van der Waals surface area (Å²) in [6.07, 6.45) is 1.85. The van der Waals surface area contributed by atoms with Crippen molar-refractivity contribution in [3.63, 3.8) is 0 Å². The molecule has 0 aromatic heterocycles. The molecule has 2 N–H and O–H groups in total. The quantitative estimate of drug-likeness (QED) is 0.945. The van der Waals surface area contributed by atoms with E-state index in [-0.39, 0.29) is 11.7 Å². The normalized spacial score (nSPS) is 15.7. The summed E-state index contributed by atoms with van der Waals surface area (Å²) in [5.41, 5.74) is 8.56. The molecule has 1 heterocycles. The van der Waals surface area contributed by atoms with Gasteiger partial charge in [0.2, 0.25) is 0 Å². The van der Waals surface area contributed by atoms with Gasteiger partial charge < -0.3 is 10.6 Å². The zero-order chi connectivity index (χ0) is 16.2.